The summed E-state index contributed by atoms with van der Waals surface area (Å²) in [7, 11) is 0. The molecule has 0 saturated heterocycles. The number of thioether (sulfide) groups is 1. The highest BCUT2D eigenvalue weighted by atomic mass is 32.2. The number of nitrogens with one attached hydrogen (secondary N) is 2. The molecule has 1 aromatic heterocycles. The van der Waals surface area contributed by atoms with E-state index < -0.39 is 23.1 Å². The van der Waals surface area contributed by atoms with Gasteiger partial charge in [-0.15, -0.1) is 11.3 Å². The molecule has 4 N–H and O–H groups in total. The van der Waals surface area contributed by atoms with Crippen LogP contribution in [-0.4, -0.2) is 28.1 Å². The van der Waals surface area contributed by atoms with Gasteiger partial charge in [0.15, 0.2) is 4.34 Å². The number of benzene rings is 1. The fraction of sp³-hybridized carbons (Fsp3) is 0.294. The lowest BCUT2D eigenvalue weighted by atomic mass is 10.2. The van der Waals surface area contributed by atoms with Crippen molar-refractivity contribution in [2.45, 2.75) is 36.4 Å². The third-order valence-corrected chi connectivity index (χ3v) is 5.74. The van der Waals surface area contributed by atoms with E-state index in [2.05, 4.69) is 15.6 Å². The summed E-state index contributed by atoms with van der Waals surface area (Å²) in [6.45, 7) is 3.82. The number of imide groups is 1. The van der Waals surface area contributed by atoms with Crippen molar-refractivity contribution < 1.29 is 14.4 Å². The van der Waals surface area contributed by atoms with E-state index in [4.69, 9.17) is 5.73 Å². The number of carbonyl (C=O) groups excluding carboxylic acids is 3. The van der Waals surface area contributed by atoms with E-state index in [-0.39, 0.29) is 6.42 Å². The van der Waals surface area contributed by atoms with Crippen molar-refractivity contribution >= 4 is 40.9 Å². The van der Waals surface area contributed by atoms with Gasteiger partial charge in [0.2, 0.25) is 11.8 Å². The van der Waals surface area contributed by atoms with E-state index in [1.807, 2.05) is 30.3 Å². The zero-order valence-electron chi connectivity index (χ0n) is 14.4. The number of urea groups is 1. The van der Waals surface area contributed by atoms with Crippen LogP contribution in [0.2, 0.25) is 0 Å². The highest BCUT2D eigenvalue weighted by Crippen LogP contribution is 2.30. The molecule has 2 aromatic rings. The van der Waals surface area contributed by atoms with Gasteiger partial charge < -0.3 is 11.1 Å². The molecule has 0 bridgehead atoms. The molecule has 1 unspecified atom stereocenters. The summed E-state index contributed by atoms with van der Waals surface area (Å²) in [5, 5.41) is 4.45. The van der Waals surface area contributed by atoms with Crippen LogP contribution in [0.1, 0.15) is 23.1 Å². The summed E-state index contributed by atoms with van der Waals surface area (Å²) in [5.74, 6) is -0.834. The summed E-state index contributed by atoms with van der Waals surface area (Å²) in [6.07, 6.45) is 0.131. The van der Waals surface area contributed by atoms with Crippen LogP contribution in [0.3, 0.4) is 0 Å². The average molecular weight is 393 g/mol. The number of nitrogens with two attached hydrogens (primary N) is 1. The number of hydrogen-bond donors (Lipinski definition) is 3. The Bertz CT molecular complexity index is 793. The van der Waals surface area contributed by atoms with Gasteiger partial charge in [-0.3, -0.25) is 14.9 Å². The topological polar surface area (TPSA) is 114 Å². The molecule has 0 radical (unpaired) electrons. The van der Waals surface area contributed by atoms with Crippen molar-refractivity contribution in [3.05, 3.63) is 46.5 Å². The van der Waals surface area contributed by atoms with Gasteiger partial charge in [-0.1, -0.05) is 42.1 Å². The monoisotopic (exact) mass is 392 g/mol. The third-order valence-electron chi connectivity index (χ3n) is 3.39. The van der Waals surface area contributed by atoms with Gasteiger partial charge in [0, 0.05) is 11.4 Å². The van der Waals surface area contributed by atoms with Gasteiger partial charge in [0.05, 0.1) is 17.4 Å². The Hall–Kier alpha value is -2.39. The summed E-state index contributed by atoms with van der Waals surface area (Å²) >= 11 is 2.56. The number of hydrogen-bond acceptors (Lipinski definition) is 6. The van der Waals surface area contributed by atoms with Crippen LogP contribution >= 0.6 is 23.1 Å². The summed E-state index contributed by atoms with van der Waals surface area (Å²) in [4.78, 5) is 40.1. The molecule has 1 aromatic carbocycles. The van der Waals surface area contributed by atoms with Gasteiger partial charge in [-0.2, -0.15) is 0 Å². The van der Waals surface area contributed by atoms with Crippen molar-refractivity contribution in [2.75, 3.05) is 0 Å². The number of thiazole rings is 1. The van der Waals surface area contributed by atoms with E-state index in [9.17, 15) is 14.4 Å². The molecular weight excluding hydrogens is 372 g/mol. The van der Waals surface area contributed by atoms with Crippen LogP contribution in [0.15, 0.2) is 34.7 Å². The molecule has 4 amide bonds. The Kier molecular flexibility index (Phi) is 7.16. The predicted molar refractivity (Wildman–Crippen MR) is 102 cm³/mol. The van der Waals surface area contributed by atoms with Crippen LogP contribution in [0.4, 0.5) is 4.79 Å². The first kappa shape index (κ1) is 19.9. The molecule has 0 aliphatic heterocycles. The molecule has 138 valence electrons. The first-order valence-corrected chi connectivity index (χ1v) is 9.58. The van der Waals surface area contributed by atoms with Crippen molar-refractivity contribution in [2.24, 2.45) is 5.73 Å². The largest absolute Gasteiger partial charge is 0.369 e. The van der Waals surface area contributed by atoms with Gasteiger partial charge in [0.25, 0.3) is 0 Å². The zero-order valence-corrected chi connectivity index (χ0v) is 16.1. The molecule has 9 heteroatoms. The predicted octanol–water partition coefficient (Wildman–Crippen LogP) is 1.99. The molecule has 26 heavy (non-hydrogen) atoms. The zero-order chi connectivity index (χ0) is 19.1. The maximum Gasteiger partial charge on any atom is 0.321 e. The van der Waals surface area contributed by atoms with Crippen molar-refractivity contribution in [1.82, 2.24) is 15.6 Å². The molecule has 0 saturated carbocycles. The lowest BCUT2D eigenvalue weighted by Gasteiger charge is -2.10. The third kappa shape index (κ3) is 6.16. The van der Waals surface area contributed by atoms with Crippen LogP contribution in [-0.2, 0) is 22.6 Å². The number of aryl methyl sites for hydroxylation is 1. The Morgan fingerprint density at radius 3 is 2.62 bits per heavy atom. The number of amides is 4. The number of aromatic nitrogens is 1. The van der Waals surface area contributed by atoms with Crippen molar-refractivity contribution in [3.63, 3.8) is 0 Å². The Morgan fingerprint density at radius 1 is 1.27 bits per heavy atom. The highest BCUT2D eigenvalue weighted by molar-refractivity contribution is 8.02. The smallest absolute Gasteiger partial charge is 0.321 e. The molecule has 0 aliphatic rings. The fourth-order valence-electron chi connectivity index (χ4n) is 2.01. The molecular formula is C17H20N4O3S2. The fourth-order valence-corrected chi connectivity index (χ4v) is 4.40. The van der Waals surface area contributed by atoms with E-state index in [0.717, 1.165) is 16.1 Å². The molecule has 1 heterocycles. The molecule has 2 rings (SSSR count). The lowest BCUT2D eigenvalue weighted by Crippen LogP contribution is -2.42. The average Bonchev–Trinajstić information content (AvgIpc) is 2.92. The Labute approximate surface area is 159 Å². The molecule has 0 fully saturated rings. The Balaban J connectivity index is 1.83. The number of nitrogens with zero attached hydrogens (tertiary/aromatic N) is 1. The van der Waals surface area contributed by atoms with Crippen LogP contribution in [0, 0.1) is 6.92 Å². The Morgan fingerprint density at radius 2 is 1.96 bits per heavy atom. The van der Waals surface area contributed by atoms with Gasteiger partial charge >= 0.3 is 6.03 Å². The molecule has 1 atom stereocenters. The van der Waals surface area contributed by atoms with E-state index in [1.54, 1.807) is 13.8 Å². The summed E-state index contributed by atoms with van der Waals surface area (Å²) < 4.78 is 0.658. The first-order valence-electron chi connectivity index (χ1n) is 7.89. The standard InChI is InChI=1S/C17H20N4O3S2/c1-10-13(8-14(18)22)26-17(20-10)25-11(2)15(23)21-16(24)19-9-12-6-4-3-5-7-12/h3-7,11H,8-9H2,1-2H3,(H2,18,22)(H2,19,21,23,24). The van der Waals surface area contributed by atoms with E-state index in [0.29, 0.717) is 10.9 Å². The van der Waals surface area contributed by atoms with E-state index in [1.165, 1.54) is 23.1 Å². The highest BCUT2D eigenvalue weighted by Gasteiger charge is 2.20. The minimum atomic E-state index is -0.545. The quantitative estimate of drug-likeness (QED) is 0.624. The summed E-state index contributed by atoms with van der Waals surface area (Å²) in [5.41, 5.74) is 6.87. The molecule has 0 spiro atoms. The first-order chi connectivity index (χ1) is 12.3. The van der Waals surface area contributed by atoms with E-state index >= 15 is 0 Å². The normalized spacial score (nSPS) is 11.6. The number of primary amides is 1. The minimum Gasteiger partial charge on any atom is -0.369 e. The maximum absolute atomic E-state index is 12.1. The second-order valence-electron chi connectivity index (χ2n) is 5.55. The van der Waals surface area contributed by atoms with Gasteiger partial charge in [-0.25, -0.2) is 9.78 Å². The number of carbonyl (C=O) groups is 3. The molecule has 7 nitrogen and oxygen atoms in total. The molecule has 0 aliphatic carbocycles. The second-order valence-corrected chi connectivity index (χ2v) is 8.22. The second kappa shape index (κ2) is 9.35. The van der Waals surface area contributed by atoms with Gasteiger partial charge in [0.1, 0.15) is 0 Å². The van der Waals surface area contributed by atoms with Crippen LogP contribution in [0.5, 0.6) is 0 Å². The minimum absolute atomic E-state index is 0.131. The summed E-state index contributed by atoms with van der Waals surface area (Å²) in [6, 6.07) is 8.87. The van der Waals surface area contributed by atoms with Gasteiger partial charge in [-0.05, 0) is 19.4 Å². The maximum atomic E-state index is 12.1. The SMILES string of the molecule is Cc1nc(SC(C)C(=O)NC(=O)NCc2ccccc2)sc1CC(N)=O. The number of rotatable bonds is 7. The lowest BCUT2D eigenvalue weighted by molar-refractivity contribution is -0.119. The van der Waals surface area contributed by atoms with Crippen molar-refractivity contribution in [3.8, 4) is 0 Å². The van der Waals surface area contributed by atoms with Crippen LogP contribution in [0.25, 0.3) is 0 Å². The van der Waals surface area contributed by atoms with Crippen molar-refractivity contribution in [1.29, 1.82) is 0 Å². The van der Waals surface area contributed by atoms with Crippen LogP contribution < -0.4 is 16.4 Å².